The third-order valence-electron chi connectivity index (χ3n) is 4.03. The predicted molar refractivity (Wildman–Crippen MR) is 71.4 cm³/mol. The third-order valence-corrected chi connectivity index (χ3v) is 4.03. The number of nitrogens with two attached hydrogens (primary N) is 1. The average molecular weight is 237 g/mol. The first-order valence-electron chi connectivity index (χ1n) is 6.86. The summed E-state index contributed by atoms with van der Waals surface area (Å²) in [5.74, 6) is 1.16. The maximum Gasteiger partial charge on any atom is 0.107 e. The number of hydrogen-bond donors (Lipinski definition) is 1. The minimum atomic E-state index is -0.543. The smallest absolute Gasteiger partial charge is 0.107 e. The molecule has 0 saturated heterocycles. The van der Waals surface area contributed by atoms with E-state index in [0.29, 0.717) is 5.92 Å². The largest absolute Gasteiger partial charge is 0.313 e. The van der Waals surface area contributed by atoms with Crippen molar-refractivity contribution in [1.29, 1.82) is 5.26 Å². The second-order valence-corrected chi connectivity index (χ2v) is 6.02. The molecule has 0 spiro atoms. The summed E-state index contributed by atoms with van der Waals surface area (Å²) in [7, 11) is 2.17. The Morgan fingerprint density at radius 1 is 1.47 bits per heavy atom. The van der Waals surface area contributed by atoms with Crippen molar-refractivity contribution >= 4 is 0 Å². The summed E-state index contributed by atoms with van der Waals surface area (Å²) in [6.07, 6.45) is 5.43. The lowest BCUT2D eigenvalue weighted by atomic mass is 9.87. The van der Waals surface area contributed by atoms with E-state index in [0.717, 1.165) is 44.7 Å². The number of nitriles is 1. The van der Waals surface area contributed by atoms with Crippen LogP contribution >= 0.6 is 0 Å². The van der Waals surface area contributed by atoms with Crippen LogP contribution in [0.3, 0.4) is 0 Å². The molecule has 0 aromatic rings. The van der Waals surface area contributed by atoms with Gasteiger partial charge in [-0.3, -0.25) is 0 Å². The molecule has 0 amide bonds. The van der Waals surface area contributed by atoms with Crippen LogP contribution in [0.1, 0.15) is 46.0 Å². The highest BCUT2D eigenvalue weighted by Crippen LogP contribution is 2.35. The van der Waals surface area contributed by atoms with Crippen molar-refractivity contribution in [3.05, 3.63) is 0 Å². The van der Waals surface area contributed by atoms with Crippen molar-refractivity contribution < 1.29 is 0 Å². The standard InChI is InChI=1S/C14H27N3/c1-12(2)6-9-17(3)10-7-13-5-4-8-14(13,16)11-15/h12-13H,4-10,16H2,1-3H3. The molecule has 0 aromatic carbocycles. The van der Waals surface area contributed by atoms with Crippen molar-refractivity contribution in [2.75, 3.05) is 20.1 Å². The maximum atomic E-state index is 9.15. The molecule has 0 radical (unpaired) electrons. The molecule has 1 saturated carbocycles. The Bertz CT molecular complexity index is 269. The van der Waals surface area contributed by atoms with Gasteiger partial charge in [-0.25, -0.2) is 0 Å². The minimum absolute atomic E-state index is 0.397. The van der Waals surface area contributed by atoms with Crippen LogP contribution in [0.25, 0.3) is 0 Å². The molecule has 0 aromatic heterocycles. The quantitative estimate of drug-likeness (QED) is 0.771. The summed E-state index contributed by atoms with van der Waals surface area (Å²) in [5, 5.41) is 9.15. The fourth-order valence-corrected chi connectivity index (χ4v) is 2.62. The van der Waals surface area contributed by atoms with E-state index in [4.69, 9.17) is 11.0 Å². The van der Waals surface area contributed by atoms with E-state index in [-0.39, 0.29) is 0 Å². The zero-order chi connectivity index (χ0) is 12.9. The summed E-state index contributed by atoms with van der Waals surface area (Å²) in [4.78, 5) is 2.37. The lowest BCUT2D eigenvalue weighted by Gasteiger charge is -2.26. The van der Waals surface area contributed by atoms with Crippen molar-refractivity contribution in [1.82, 2.24) is 4.90 Å². The van der Waals surface area contributed by atoms with Crippen LogP contribution in [-0.2, 0) is 0 Å². The van der Waals surface area contributed by atoms with E-state index in [1.807, 2.05) is 0 Å². The Labute approximate surface area is 106 Å². The van der Waals surface area contributed by atoms with E-state index in [1.54, 1.807) is 0 Å². The van der Waals surface area contributed by atoms with Gasteiger partial charge in [0.2, 0.25) is 0 Å². The van der Waals surface area contributed by atoms with E-state index in [2.05, 4.69) is 31.9 Å². The molecule has 1 aliphatic rings. The zero-order valence-electron chi connectivity index (χ0n) is 11.6. The first kappa shape index (κ1) is 14.5. The Kier molecular flexibility index (Phi) is 5.42. The van der Waals surface area contributed by atoms with Crippen LogP contribution in [-0.4, -0.2) is 30.6 Å². The molecule has 0 aliphatic heterocycles. The van der Waals surface area contributed by atoms with Crippen LogP contribution in [0, 0.1) is 23.2 Å². The van der Waals surface area contributed by atoms with E-state index >= 15 is 0 Å². The van der Waals surface area contributed by atoms with Gasteiger partial charge in [-0.15, -0.1) is 0 Å². The molecule has 2 N–H and O–H groups in total. The number of rotatable bonds is 6. The van der Waals surface area contributed by atoms with Gasteiger partial charge in [0.1, 0.15) is 5.54 Å². The van der Waals surface area contributed by atoms with Gasteiger partial charge in [-0.2, -0.15) is 5.26 Å². The van der Waals surface area contributed by atoms with Gasteiger partial charge in [-0.1, -0.05) is 20.3 Å². The third kappa shape index (κ3) is 4.29. The second kappa shape index (κ2) is 6.37. The summed E-state index contributed by atoms with van der Waals surface area (Å²) >= 11 is 0. The van der Waals surface area contributed by atoms with Crippen molar-refractivity contribution in [2.45, 2.75) is 51.5 Å². The average Bonchev–Trinajstić information content (AvgIpc) is 2.66. The lowest BCUT2D eigenvalue weighted by Crippen LogP contribution is -2.42. The fraction of sp³-hybridized carbons (Fsp3) is 0.929. The van der Waals surface area contributed by atoms with E-state index < -0.39 is 5.54 Å². The van der Waals surface area contributed by atoms with E-state index in [1.165, 1.54) is 6.42 Å². The predicted octanol–water partition coefficient (Wildman–Crippen LogP) is 2.38. The van der Waals surface area contributed by atoms with Crippen LogP contribution in [0.4, 0.5) is 0 Å². The number of hydrogen-bond acceptors (Lipinski definition) is 3. The van der Waals surface area contributed by atoms with E-state index in [9.17, 15) is 0 Å². The normalized spacial score (nSPS) is 28.9. The molecule has 1 aliphatic carbocycles. The van der Waals surface area contributed by atoms with Gasteiger partial charge < -0.3 is 10.6 Å². The molecule has 1 fully saturated rings. The van der Waals surface area contributed by atoms with Crippen molar-refractivity contribution in [3.63, 3.8) is 0 Å². The molecule has 3 nitrogen and oxygen atoms in total. The summed E-state index contributed by atoms with van der Waals surface area (Å²) in [5.41, 5.74) is 5.59. The molecule has 2 unspecified atom stereocenters. The first-order chi connectivity index (χ1) is 7.98. The van der Waals surface area contributed by atoms with Crippen molar-refractivity contribution in [2.24, 2.45) is 17.6 Å². The molecular weight excluding hydrogens is 210 g/mol. The molecule has 17 heavy (non-hydrogen) atoms. The Morgan fingerprint density at radius 3 is 2.76 bits per heavy atom. The van der Waals surface area contributed by atoms with Crippen LogP contribution in [0.2, 0.25) is 0 Å². The topological polar surface area (TPSA) is 53.0 Å². The first-order valence-corrected chi connectivity index (χ1v) is 6.86. The summed E-state index contributed by atoms with van der Waals surface area (Å²) < 4.78 is 0. The SMILES string of the molecule is CC(C)CCN(C)CCC1CCCC1(N)C#N. The van der Waals surface area contributed by atoms with Crippen molar-refractivity contribution in [3.8, 4) is 6.07 Å². The molecular formula is C14H27N3. The van der Waals surface area contributed by atoms with Gasteiger partial charge in [0, 0.05) is 0 Å². The highest BCUT2D eigenvalue weighted by atomic mass is 15.1. The van der Waals surface area contributed by atoms with Crippen LogP contribution in [0.15, 0.2) is 0 Å². The second-order valence-electron chi connectivity index (χ2n) is 6.02. The fourth-order valence-electron chi connectivity index (χ4n) is 2.62. The highest BCUT2D eigenvalue weighted by molar-refractivity contribution is 5.11. The molecule has 2 atom stereocenters. The highest BCUT2D eigenvalue weighted by Gasteiger charge is 2.39. The Hall–Kier alpha value is -0.590. The molecule has 0 heterocycles. The summed E-state index contributed by atoms with van der Waals surface area (Å²) in [6.45, 7) is 6.73. The molecule has 3 heteroatoms. The van der Waals surface area contributed by atoms with Gasteiger partial charge >= 0.3 is 0 Å². The van der Waals surface area contributed by atoms with Gasteiger partial charge in [0.05, 0.1) is 6.07 Å². The monoisotopic (exact) mass is 237 g/mol. The Morgan fingerprint density at radius 2 is 2.18 bits per heavy atom. The Balaban J connectivity index is 2.28. The molecule has 0 bridgehead atoms. The minimum Gasteiger partial charge on any atom is -0.313 e. The van der Waals surface area contributed by atoms with Crippen LogP contribution < -0.4 is 5.73 Å². The number of nitrogens with zero attached hydrogens (tertiary/aromatic N) is 2. The van der Waals surface area contributed by atoms with Gasteiger partial charge in [0.25, 0.3) is 0 Å². The van der Waals surface area contributed by atoms with Gasteiger partial charge in [-0.05, 0) is 57.7 Å². The summed E-state index contributed by atoms with van der Waals surface area (Å²) in [6, 6.07) is 2.32. The zero-order valence-corrected chi connectivity index (χ0v) is 11.6. The van der Waals surface area contributed by atoms with Crippen LogP contribution in [0.5, 0.6) is 0 Å². The lowest BCUT2D eigenvalue weighted by molar-refractivity contribution is 0.263. The van der Waals surface area contributed by atoms with Gasteiger partial charge in [0.15, 0.2) is 0 Å². The maximum absolute atomic E-state index is 9.15. The molecule has 1 rings (SSSR count). The molecule has 98 valence electrons.